The van der Waals surface area contributed by atoms with Crippen molar-refractivity contribution in [2.75, 3.05) is 18.4 Å². The number of piperidine rings is 1. The zero-order chi connectivity index (χ0) is 22.9. The largest absolute Gasteiger partial charge is 0.382 e. The molecule has 1 atom stereocenters. The first-order chi connectivity index (χ1) is 15.3. The average Bonchev–Trinajstić information content (AvgIpc) is 3.27. The van der Waals surface area contributed by atoms with Gasteiger partial charge in [-0.25, -0.2) is 13.6 Å². The van der Waals surface area contributed by atoms with Crippen LogP contribution >= 0.6 is 11.6 Å². The molecule has 2 heterocycles. The maximum Gasteiger partial charge on any atom is 0.321 e. The zero-order valence-corrected chi connectivity index (χ0v) is 17.7. The van der Waals surface area contributed by atoms with Crippen LogP contribution in [0, 0.1) is 18.3 Å². The van der Waals surface area contributed by atoms with Gasteiger partial charge >= 0.3 is 6.03 Å². The number of amides is 2. The van der Waals surface area contributed by atoms with E-state index in [9.17, 15) is 9.90 Å². The second kappa shape index (κ2) is 8.77. The van der Waals surface area contributed by atoms with Crippen molar-refractivity contribution in [1.82, 2.24) is 15.1 Å². The maximum atomic E-state index is 15.2. The number of nitrogens with zero attached hydrogens (tertiary/aromatic N) is 2. The minimum atomic E-state index is -3.41. The van der Waals surface area contributed by atoms with E-state index in [4.69, 9.17) is 18.0 Å². The third kappa shape index (κ3) is 4.27. The van der Waals surface area contributed by atoms with Gasteiger partial charge in [-0.15, -0.1) is 6.42 Å². The van der Waals surface area contributed by atoms with Crippen molar-refractivity contribution in [3.8, 4) is 12.3 Å². The topological polar surface area (TPSA) is 81.2 Å². The van der Waals surface area contributed by atoms with Crippen molar-refractivity contribution >= 4 is 34.2 Å². The molecule has 3 aromatic rings. The van der Waals surface area contributed by atoms with Gasteiger partial charge in [-0.05, 0) is 49.2 Å². The molecule has 0 spiro atoms. The van der Waals surface area contributed by atoms with E-state index in [1.54, 1.807) is 30.3 Å². The van der Waals surface area contributed by atoms with Gasteiger partial charge < -0.3 is 15.3 Å². The molecule has 1 fully saturated rings. The van der Waals surface area contributed by atoms with Crippen molar-refractivity contribution in [3.05, 3.63) is 58.7 Å². The van der Waals surface area contributed by atoms with Crippen LogP contribution < -0.4 is 5.32 Å². The number of carbonyl (C=O) groups is 1. The molecule has 3 N–H and O–H groups in total. The summed E-state index contributed by atoms with van der Waals surface area (Å²) in [5, 5.41) is 20.6. The number of hydrogen-bond acceptors (Lipinski definition) is 3. The van der Waals surface area contributed by atoms with Crippen LogP contribution in [0.5, 0.6) is 0 Å². The van der Waals surface area contributed by atoms with Gasteiger partial charge in [0.2, 0.25) is 0 Å². The lowest BCUT2D eigenvalue weighted by molar-refractivity contribution is -0.159. The number of likely N-dealkylation sites (tertiary alicyclic amines) is 1. The Hall–Kier alpha value is -3.15. The fourth-order valence-electron chi connectivity index (χ4n) is 4.01. The summed E-state index contributed by atoms with van der Waals surface area (Å²) in [6, 6.07) is 9.33. The van der Waals surface area contributed by atoms with E-state index in [-0.39, 0.29) is 42.5 Å². The number of urea groups is 1. The normalized spacial score (nSPS) is 16.0. The van der Waals surface area contributed by atoms with Gasteiger partial charge in [-0.1, -0.05) is 17.5 Å². The predicted molar refractivity (Wildman–Crippen MR) is 119 cm³/mol. The summed E-state index contributed by atoms with van der Waals surface area (Å²) >= 11 is 6.04. The number of halogens is 3. The summed E-state index contributed by atoms with van der Waals surface area (Å²) in [5.74, 6) is -2.00. The molecular weight excluding hydrogens is 438 g/mol. The molecule has 2 aromatic carbocycles. The fourth-order valence-corrected chi connectivity index (χ4v) is 4.25. The maximum absolute atomic E-state index is 15.2. The van der Waals surface area contributed by atoms with E-state index < -0.39 is 17.9 Å². The predicted octanol–water partition coefficient (Wildman–Crippen LogP) is 4.81. The number of aliphatic hydroxyl groups is 1. The number of carbonyl (C=O) groups excluding carboxylic acids is 1. The van der Waals surface area contributed by atoms with Gasteiger partial charge in [0.05, 0.1) is 11.7 Å². The number of aromatic amines is 1. The molecule has 6 nitrogen and oxygen atoms in total. The highest BCUT2D eigenvalue weighted by atomic mass is 35.5. The standard InChI is InChI=1S/C23H21ClF2N4O2/c1-2-14-3-5-18(6-4-14)28-22(32)30-9-7-16(8-10-30)23(25,26)21(31)19-12-17(24)11-15-13-27-29-20(15)19/h1,3-6,11-13,16,21,31H,7-10H2,(H,27,29)(H,28,32). The Kier molecular flexibility index (Phi) is 6.04. The summed E-state index contributed by atoms with van der Waals surface area (Å²) in [4.78, 5) is 14.0. The highest BCUT2D eigenvalue weighted by molar-refractivity contribution is 6.31. The first kappa shape index (κ1) is 22.1. The number of anilines is 1. The number of rotatable bonds is 4. The Morgan fingerprint density at radius 1 is 1.31 bits per heavy atom. The molecule has 1 unspecified atom stereocenters. The Balaban J connectivity index is 1.41. The summed E-state index contributed by atoms with van der Waals surface area (Å²) < 4.78 is 30.5. The molecule has 1 aliphatic rings. The lowest BCUT2D eigenvalue weighted by atomic mass is 9.85. The molecule has 166 valence electrons. The summed E-state index contributed by atoms with van der Waals surface area (Å²) in [6.07, 6.45) is 4.84. The molecule has 0 saturated carbocycles. The Bertz CT molecular complexity index is 1160. The number of H-pyrrole nitrogens is 1. The highest BCUT2D eigenvalue weighted by Gasteiger charge is 2.48. The minimum Gasteiger partial charge on any atom is -0.382 e. The first-order valence-corrected chi connectivity index (χ1v) is 10.5. The number of nitrogens with one attached hydrogen (secondary N) is 2. The second-order valence-electron chi connectivity index (χ2n) is 7.82. The lowest BCUT2D eigenvalue weighted by Gasteiger charge is -2.37. The number of aliphatic hydroxyl groups excluding tert-OH is 1. The summed E-state index contributed by atoms with van der Waals surface area (Å²) in [7, 11) is 0. The molecule has 1 aliphatic heterocycles. The molecule has 0 aliphatic carbocycles. The van der Waals surface area contributed by atoms with E-state index in [1.165, 1.54) is 17.2 Å². The van der Waals surface area contributed by atoms with Crippen LogP contribution in [0.4, 0.5) is 19.3 Å². The van der Waals surface area contributed by atoms with Crippen molar-refractivity contribution in [2.24, 2.45) is 5.92 Å². The van der Waals surface area contributed by atoms with E-state index >= 15 is 8.78 Å². The van der Waals surface area contributed by atoms with Crippen LogP contribution in [0.2, 0.25) is 5.02 Å². The van der Waals surface area contributed by atoms with Gasteiger partial charge in [0.1, 0.15) is 6.10 Å². The Labute approximate surface area is 188 Å². The average molecular weight is 459 g/mol. The molecule has 9 heteroatoms. The van der Waals surface area contributed by atoms with Crippen LogP contribution in [0.1, 0.15) is 30.1 Å². The monoisotopic (exact) mass is 458 g/mol. The summed E-state index contributed by atoms with van der Waals surface area (Å²) in [6.45, 7) is 0.298. The van der Waals surface area contributed by atoms with Crippen LogP contribution in [0.25, 0.3) is 10.9 Å². The number of alkyl halides is 2. The van der Waals surface area contributed by atoms with Crippen LogP contribution in [0.15, 0.2) is 42.6 Å². The van der Waals surface area contributed by atoms with Crippen LogP contribution in [-0.2, 0) is 0 Å². The SMILES string of the molecule is C#Cc1ccc(NC(=O)N2CCC(C(F)(F)C(O)c3cc(Cl)cc4cn[nH]c34)CC2)cc1. The van der Waals surface area contributed by atoms with Crippen molar-refractivity contribution in [2.45, 2.75) is 24.9 Å². The van der Waals surface area contributed by atoms with Crippen molar-refractivity contribution in [1.29, 1.82) is 0 Å². The number of hydrogen-bond donors (Lipinski definition) is 3. The zero-order valence-electron chi connectivity index (χ0n) is 17.0. The van der Waals surface area contributed by atoms with Crippen LogP contribution in [0.3, 0.4) is 0 Å². The molecule has 4 rings (SSSR count). The third-order valence-corrected chi connectivity index (χ3v) is 6.05. The van der Waals surface area contributed by atoms with Gasteiger partial charge in [0.15, 0.2) is 0 Å². The number of aromatic nitrogens is 2. The lowest BCUT2D eigenvalue weighted by Crippen LogP contribution is -2.46. The van der Waals surface area contributed by atoms with Gasteiger partial charge in [0, 0.05) is 46.2 Å². The molecule has 2 amide bonds. The Morgan fingerprint density at radius 3 is 2.66 bits per heavy atom. The quantitative estimate of drug-likeness (QED) is 0.491. The third-order valence-electron chi connectivity index (χ3n) is 5.83. The van der Waals surface area contributed by atoms with E-state index in [0.717, 1.165) is 0 Å². The molecule has 1 saturated heterocycles. The van der Waals surface area contributed by atoms with E-state index in [0.29, 0.717) is 22.2 Å². The number of terminal acetylenes is 1. The molecule has 32 heavy (non-hydrogen) atoms. The molecule has 0 bridgehead atoms. The summed E-state index contributed by atoms with van der Waals surface area (Å²) in [5.41, 5.74) is 1.60. The molecular formula is C23H21ClF2N4O2. The van der Waals surface area contributed by atoms with Crippen molar-refractivity contribution in [3.63, 3.8) is 0 Å². The van der Waals surface area contributed by atoms with Crippen LogP contribution in [-0.4, -0.2) is 45.2 Å². The Morgan fingerprint density at radius 2 is 2.00 bits per heavy atom. The highest BCUT2D eigenvalue weighted by Crippen LogP contribution is 2.44. The molecule has 0 radical (unpaired) electrons. The van der Waals surface area contributed by atoms with Gasteiger partial charge in [-0.2, -0.15) is 5.10 Å². The number of fused-ring (bicyclic) bond motifs is 1. The van der Waals surface area contributed by atoms with Gasteiger partial charge in [-0.3, -0.25) is 5.10 Å². The van der Waals surface area contributed by atoms with E-state index in [2.05, 4.69) is 21.4 Å². The molecule has 1 aromatic heterocycles. The second-order valence-corrected chi connectivity index (χ2v) is 8.26. The smallest absolute Gasteiger partial charge is 0.321 e. The van der Waals surface area contributed by atoms with Crippen molar-refractivity contribution < 1.29 is 18.7 Å². The fraction of sp³-hybridized carbons (Fsp3) is 0.304. The van der Waals surface area contributed by atoms with Gasteiger partial charge in [0.25, 0.3) is 5.92 Å². The van der Waals surface area contributed by atoms with E-state index in [1.807, 2.05) is 0 Å². The first-order valence-electron chi connectivity index (χ1n) is 10.1. The minimum absolute atomic E-state index is 0.00517. The number of benzene rings is 2.